The van der Waals surface area contributed by atoms with Crippen LogP contribution in [0.3, 0.4) is 0 Å². The quantitative estimate of drug-likeness (QED) is 0.845. The van der Waals surface area contributed by atoms with Crippen LogP contribution in [-0.2, 0) is 6.54 Å². The van der Waals surface area contributed by atoms with Gasteiger partial charge in [0.2, 0.25) is 0 Å². The van der Waals surface area contributed by atoms with E-state index in [1.165, 1.54) is 5.69 Å². The normalized spacial score (nSPS) is 15.8. The number of benzene rings is 1. The van der Waals surface area contributed by atoms with Gasteiger partial charge in [-0.15, -0.1) is 0 Å². The molecular formula is C16H19ClN4S. The summed E-state index contributed by atoms with van der Waals surface area (Å²) in [4.78, 5) is 9.55. The van der Waals surface area contributed by atoms with Crippen molar-refractivity contribution in [2.45, 2.75) is 25.3 Å². The lowest BCUT2D eigenvalue weighted by molar-refractivity contribution is 0.307. The number of likely N-dealkylation sites (tertiary alicyclic amines) is 1. The van der Waals surface area contributed by atoms with Gasteiger partial charge in [-0.05, 0) is 36.7 Å². The van der Waals surface area contributed by atoms with Crippen LogP contribution in [0.1, 0.15) is 30.0 Å². The van der Waals surface area contributed by atoms with Crippen molar-refractivity contribution in [2.75, 3.05) is 13.1 Å². The fourth-order valence-corrected chi connectivity index (χ4v) is 3.27. The molecule has 0 unspecified atom stereocenters. The van der Waals surface area contributed by atoms with E-state index in [2.05, 4.69) is 20.2 Å². The Morgan fingerprint density at radius 2 is 2.14 bits per heavy atom. The molecule has 4 nitrogen and oxygen atoms in total. The molecule has 2 aromatic rings. The summed E-state index contributed by atoms with van der Waals surface area (Å²) in [5, 5.41) is 4.89. The third-order valence-corrected chi connectivity index (χ3v) is 4.90. The van der Waals surface area contributed by atoms with Gasteiger partial charge in [0, 0.05) is 42.5 Å². The largest absolute Gasteiger partial charge is 0.358 e. The summed E-state index contributed by atoms with van der Waals surface area (Å²) >= 11 is 11.7. The molecule has 116 valence electrons. The lowest BCUT2D eigenvalue weighted by Crippen LogP contribution is -2.43. The van der Waals surface area contributed by atoms with E-state index in [4.69, 9.17) is 23.8 Å². The maximum absolute atomic E-state index is 6.16. The molecule has 0 spiro atoms. The molecular weight excluding hydrogens is 316 g/mol. The number of nitrogens with one attached hydrogen (secondary N) is 2. The lowest BCUT2D eigenvalue weighted by Gasteiger charge is -2.33. The smallest absolute Gasteiger partial charge is 0.169 e. The molecule has 1 fully saturated rings. The van der Waals surface area contributed by atoms with Crippen molar-refractivity contribution < 1.29 is 0 Å². The van der Waals surface area contributed by atoms with Gasteiger partial charge in [-0.25, -0.2) is 4.98 Å². The number of halogens is 1. The molecule has 2 heterocycles. The van der Waals surface area contributed by atoms with Crippen LogP contribution in [-0.4, -0.2) is 33.1 Å². The number of rotatable bonds is 3. The number of imidazole rings is 1. The van der Waals surface area contributed by atoms with Gasteiger partial charge in [0.1, 0.15) is 0 Å². The molecule has 1 saturated heterocycles. The average Bonchev–Trinajstić information content (AvgIpc) is 3.08. The van der Waals surface area contributed by atoms with Gasteiger partial charge in [-0.1, -0.05) is 29.8 Å². The highest BCUT2D eigenvalue weighted by molar-refractivity contribution is 7.80. The topological polar surface area (TPSA) is 44.0 Å². The fraction of sp³-hybridized carbons (Fsp3) is 0.375. The van der Waals surface area contributed by atoms with E-state index in [0.29, 0.717) is 12.5 Å². The molecule has 1 aliphatic rings. The molecule has 22 heavy (non-hydrogen) atoms. The van der Waals surface area contributed by atoms with E-state index in [-0.39, 0.29) is 0 Å². The molecule has 0 aliphatic carbocycles. The van der Waals surface area contributed by atoms with E-state index in [1.807, 2.05) is 30.5 Å². The predicted octanol–water partition coefficient (Wildman–Crippen LogP) is 3.32. The number of aromatic nitrogens is 2. The van der Waals surface area contributed by atoms with Crippen molar-refractivity contribution in [1.82, 2.24) is 20.2 Å². The van der Waals surface area contributed by atoms with Gasteiger partial charge < -0.3 is 15.2 Å². The Labute approximate surface area is 140 Å². The molecule has 0 saturated carbocycles. The number of nitrogens with zero attached hydrogens (tertiary/aromatic N) is 2. The highest BCUT2D eigenvalue weighted by Gasteiger charge is 2.22. The van der Waals surface area contributed by atoms with E-state index in [9.17, 15) is 0 Å². The summed E-state index contributed by atoms with van der Waals surface area (Å²) in [6.07, 6.45) is 5.86. The Morgan fingerprint density at radius 1 is 1.36 bits per heavy atom. The lowest BCUT2D eigenvalue weighted by atomic mass is 9.94. The minimum absolute atomic E-state index is 0.560. The van der Waals surface area contributed by atoms with Crippen LogP contribution in [0.25, 0.3) is 0 Å². The maximum Gasteiger partial charge on any atom is 0.169 e. The molecule has 1 aliphatic heterocycles. The Hall–Kier alpha value is -1.59. The SMILES string of the molecule is S=C(NCc1ccccc1Cl)N1CCC(c2cnc[nH]2)CC1. The maximum atomic E-state index is 6.16. The third-order valence-electron chi connectivity index (χ3n) is 4.13. The molecule has 1 aromatic carbocycles. The van der Waals surface area contributed by atoms with Gasteiger partial charge in [0.15, 0.2) is 5.11 Å². The first-order chi connectivity index (χ1) is 10.7. The Kier molecular flexibility index (Phi) is 4.95. The molecule has 0 bridgehead atoms. The molecule has 1 aromatic heterocycles. The van der Waals surface area contributed by atoms with Crippen molar-refractivity contribution in [2.24, 2.45) is 0 Å². The predicted molar refractivity (Wildman–Crippen MR) is 93.0 cm³/mol. The van der Waals surface area contributed by atoms with Crippen molar-refractivity contribution in [1.29, 1.82) is 0 Å². The zero-order chi connectivity index (χ0) is 15.4. The second kappa shape index (κ2) is 7.11. The van der Waals surface area contributed by atoms with Crippen molar-refractivity contribution >= 4 is 28.9 Å². The highest BCUT2D eigenvalue weighted by Crippen LogP contribution is 2.26. The number of thiocarbonyl (C=S) groups is 1. The number of hydrogen-bond donors (Lipinski definition) is 2. The number of piperidine rings is 1. The van der Waals surface area contributed by atoms with Crippen LogP contribution in [0.5, 0.6) is 0 Å². The van der Waals surface area contributed by atoms with Gasteiger partial charge in [0.25, 0.3) is 0 Å². The fourth-order valence-electron chi connectivity index (χ4n) is 2.81. The highest BCUT2D eigenvalue weighted by atomic mass is 35.5. The molecule has 0 amide bonds. The molecule has 6 heteroatoms. The first-order valence-corrected chi connectivity index (χ1v) is 8.27. The van der Waals surface area contributed by atoms with E-state index in [1.54, 1.807) is 6.33 Å². The molecule has 2 N–H and O–H groups in total. The first-order valence-electron chi connectivity index (χ1n) is 7.48. The zero-order valence-corrected chi connectivity index (χ0v) is 13.8. The monoisotopic (exact) mass is 334 g/mol. The summed E-state index contributed by atoms with van der Waals surface area (Å²) in [6.45, 7) is 2.61. The Bertz CT molecular complexity index is 621. The summed E-state index contributed by atoms with van der Waals surface area (Å²) in [5.41, 5.74) is 2.30. The van der Waals surface area contributed by atoms with Crippen LogP contribution >= 0.6 is 23.8 Å². The minimum atomic E-state index is 0.560. The van der Waals surface area contributed by atoms with Crippen molar-refractivity contribution in [3.8, 4) is 0 Å². The third kappa shape index (κ3) is 3.59. The number of aromatic amines is 1. The van der Waals surface area contributed by atoms with Crippen LogP contribution in [0.4, 0.5) is 0 Å². The second-order valence-electron chi connectivity index (χ2n) is 5.52. The van der Waals surface area contributed by atoms with E-state index in [0.717, 1.165) is 41.6 Å². The number of H-pyrrole nitrogens is 1. The van der Waals surface area contributed by atoms with Gasteiger partial charge in [0.05, 0.1) is 6.33 Å². The van der Waals surface area contributed by atoms with Crippen LogP contribution < -0.4 is 5.32 Å². The van der Waals surface area contributed by atoms with Crippen molar-refractivity contribution in [3.05, 3.63) is 53.1 Å². The molecule has 0 atom stereocenters. The molecule has 0 radical (unpaired) electrons. The van der Waals surface area contributed by atoms with E-state index >= 15 is 0 Å². The molecule has 3 rings (SSSR count). The standard InChI is InChI=1S/C16H19ClN4S/c17-14-4-2-1-3-13(14)9-19-16(22)21-7-5-12(6-8-21)15-10-18-11-20-15/h1-4,10-12H,5-9H2,(H,18,20)(H,19,22). The second-order valence-corrected chi connectivity index (χ2v) is 6.31. The minimum Gasteiger partial charge on any atom is -0.358 e. The van der Waals surface area contributed by atoms with Crippen LogP contribution in [0, 0.1) is 0 Å². The summed E-state index contributed by atoms with van der Waals surface area (Å²) in [5.74, 6) is 0.560. The van der Waals surface area contributed by atoms with Crippen LogP contribution in [0.15, 0.2) is 36.8 Å². The number of hydrogen-bond acceptors (Lipinski definition) is 2. The van der Waals surface area contributed by atoms with Crippen LogP contribution in [0.2, 0.25) is 5.02 Å². The van der Waals surface area contributed by atoms with Gasteiger partial charge in [-0.3, -0.25) is 0 Å². The van der Waals surface area contributed by atoms with E-state index < -0.39 is 0 Å². The Morgan fingerprint density at radius 3 is 2.82 bits per heavy atom. The Balaban J connectivity index is 1.49. The summed E-state index contributed by atoms with van der Waals surface area (Å²) < 4.78 is 0. The van der Waals surface area contributed by atoms with Gasteiger partial charge >= 0.3 is 0 Å². The summed E-state index contributed by atoms with van der Waals surface area (Å²) in [6, 6.07) is 7.84. The van der Waals surface area contributed by atoms with Crippen molar-refractivity contribution in [3.63, 3.8) is 0 Å². The van der Waals surface area contributed by atoms with Gasteiger partial charge in [-0.2, -0.15) is 0 Å². The zero-order valence-electron chi connectivity index (χ0n) is 12.3. The first kappa shape index (κ1) is 15.3. The summed E-state index contributed by atoms with van der Waals surface area (Å²) in [7, 11) is 0. The average molecular weight is 335 g/mol.